The summed E-state index contributed by atoms with van der Waals surface area (Å²) in [6, 6.07) is 14.6. The molecule has 0 aliphatic carbocycles. The summed E-state index contributed by atoms with van der Waals surface area (Å²) in [5.74, 6) is -1.10. The molecule has 0 radical (unpaired) electrons. The molecule has 186 valence electrons. The molecule has 1 aliphatic heterocycles. The number of esters is 2. The van der Waals surface area contributed by atoms with Crippen molar-refractivity contribution in [1.29, 1.82) is 0 Å². The molecule has 2 N–H and O–H groups in total. The fourth-order valence-electron chi connectivity index (χ4n) is 4.04. The Bertz CT molecular complexity index is 1120. The summed E-state index contributed by atoms with van der Waals surface area (Å²) in [5, 5.41) is 12.5. The molecule has 7 nitrogen and oxygen atoms in total. The molecular formula is C27H30ClNO6. The van der Waals surface area contributed by atoms with E-state index in [2.05, 4.69) is 5.32 Å². The number of benzene rings is 2. The van der Waals surface area contributed by atoms with Crippen LogP contribution in [0.2, 0.25) is 5.02 Å². The van der Waals surface area contributed by atoms with E-state index in [9.17, 15) is 9.59 Å². The number of aliphatic hydroxyl groups excluding tert-OH is 1. The topological polar surface area (TPSA) is 94.1 Å². The molecule has 0 aromatic heterocycles. The highest BCUT2D eigenvalue weighted by Gasteiger charge is 2.38. The monoisotopic (exact) mass is 499 g/mol. The lowest BCUT2D eigenvalue weighted by Gasteiger charge is -2.30. The Hall–Kier alpha value is -3.29. The van der Waals surface area contributed by atoms with E-state index < -0.39 is 17.9 Å². The molecule has 1 aliphatic rings. The van der Waals surface area contributed by atoms with Crippen molar-refractivity contribution in [1.82, 2.24) is 5.32 Å². The van der Waals surface area contributed by atoms with Crippen molar-refractivity contribution in [2.24, 2.45) is 0 Å². The number of aliphatic hydroxyl groups is 1. The van der Waals surface area contributed by atoms with Gasteiger partial charge in [0.2, 0.25) is 0 Å². The van der Waals surface area contributed by atoms with Crippen LogP contribution in [-0.4, -0.2) is 44.0 Å². The first-order chi connectivity index (χ1) is 16.9. The molecule has 0 fully saturated rings. The first-order valence-electron chi connectivity index (χ1n) is 11.4. The van der Waals surface area contributed by atoms with E-state index in [1.165, 1.54) is 7.11 Å². The molecule has 0 saturated carbocycles. The van der Waals surface area contributed by atoms with Crippen LogP contribution < -0.4 is 10.1 Å². The normalized spacial score (nSPS) is 15.5. The second kappa shape index (κ2) is 12.4. The van der Waals surface area contributed by atoms with Crippen LogP contribution in [0, 0.1) is 0 Å². The lowest BCUT2D eigenvalue weighted by atomic mass is 9.80. The number of hydrogen-bond acceptors (Lipinski definition) is 7. The van der Waals surface area contributed by atoms with E-state index in [0.29, 0.717) is 58.3 Å². The van der Waals surface area contributed by atoms with Gasteiger partial charge in [-0.3, -0.25) is 0 Å². The first kappa shape index (κ1) is 26.3. The average molecular weight is 500 g/mol. The number of halogens is 1. The predicted octanol–water partition coefficient (Wildman–Crippen LogP) is 4.29. The zero-order valence-corrected chi connectivity index (χ0v) is 20.9. The van der Waals surface area contributed by atoms with Crippen LogP contribution in [-0.2, 0) is 25.5 Å². The number of hydrogen-bond donors (Lipinski definition) is 2. The van der Waals surface area contributed by atoms with Gasteiger partial charge in [0, 0.05) is 29.4 Å². The van der Waals surface area contributed by atoms with Gasteiger partial charge in [0.15, 0.2) is 0 Å². The lowest BCUT2D eigenvalue weighted by molar-refractivity contribution is -0.139. The summed E-state index contributed by atoms with van der Waals surface area (Å²) in [4.78, 5) is 25.9. The van der Waals surface area contributed by atoms with Crippen LogP contribution in [0.3, 0.4) is 0 Å². The molecular weight excluding hydrogens is 470 g/mol. The summed E-state index contributed by atoms with van der Waals surface area (Å²) in [7, 11) is 1.30. The Morgan fingerprint density at radius 1 is 0.971 bits per heavy atom. The maximum absolute atomic E-state index is 13.2. The van der Waals surface area contributed by atoms with Crippen LogP contribution in [0.5, 0.6) is 5.75 Å². The fraction of sp³-hybridized carbons (Fsp3) is 0.333. The van der Waals surface area contributed by atoms with E-state index in [-0.39, 0.29) is 13.2 Å². The molecule has 2 aromatic carbocycles. The smallest absolute Gasteiger partial charge is 0.336 e. The van der Waals surface area contributed by atoms with Gasteiger partial charge in [-0.1, -0.05) is 41.9 Å². The highest BCUT2D eigenvalue weighted by Crippen LogP contribution is 2.41. The van der Waals surface area contributed by atoms with Crippen LogP contribution in [0.25, 0.3) is 0 Å². The highest BCUT2D eigenvalue weighted by molar-refractivity contribution is 6.31. The van der Waals surface area contributed by atoms with Crippen molar-refractivity contribution in [2.45, 2.75) is 32.6 Å². The van der Waals surface area contributed by atoms with E-state index >= 15 is 0 Å². The van der Waals surface area contributed by atoms with Gasteiger partial charge in [-0.2, -0.15) is 0 Å². The van der Waals surface area contributed by atoms with Crippen molar-refractivity contribution >= 4 is 23.5 Å². The Balaban J connectivity index is 1.69. The van der Waals surface area contributed by atoms with E-state index in [1.807, 2.05) is 24.3 Å². The van der Waals surface area contributed by atoms with Gasteiger partial charge >= 0.3 is 11.9 Å². The molecule has 2 aromatic rings. The molecule has 0 saturated heterocycles. The van der Waals surface area contributed by atoms with Gasteiger partial charge < -0.3 is 24.6 Å². The molecule has 35 heavy (non-hydrogen) atoms. The predicted molar refractivity (Wildman–Crippen MR) is 133 cm³/mol. The van der Waals surface area contributed by atoms with Gasteiger partial charge in [-0.15, -0.1) is 0 Å². The van der Waals surface area contributed by atoms with E-state index in [1.54, 1.807) is 38.1 Å². The van der Waals surface area contributed by atoms with Crippen molar-refractivity contribution in [2.75, 3.05) is 26.9 Å². The lowest BCUT2D eigenvalue weighted by Crippen LogP contribution is -2.32. The van der Waals surface area contributed by atoms with Gasteiger partial charge in [-0.25, -0.2) is 9.59 Å². The number of carbonyl (C=O) groups is 2. The minimum Gasteiger partial charge on any atom is -0.493 e. The van der Waals surface area contributed by atoms with Crippen LogP contribution in [0.1, 0.15) is 37.3 Å². The third-order valence-corrected chi connectivity index (χ3v) is 6.06. The molecule has 0 spiro atoms. The molecule has 3 rings (SSSR count). The van der Waals surface area contributed by atoms with Gasteiger partial charge in [0.1, 0.15) is 5.75 Å². The van der Waals surface area contributed by atoms with E-state index in [0.717, 1.165) is 5.56 Å². The summed E-state index contributed by atoms with van der Waals surface area (Å²) >= 11 is 6.47. The molecule has 1 atom stereocenters. The Morgan fingerprint density at radius 3 is 2.26 bits per heavy atom. The Morgan fingerprint density at radius 2 is 1.63 bits per heavy atom. The molecule has 8 heteroatoms. The van der Waals surface area contributed by atoms with Crippen LogP contribution in [0.4, 0.5) is 0 Å². The van der Waals surface area contributed by atoms with Crippen molar-refractivity contribution < 1.29 is 28.9 Å². The number of ether oxygens (including phenoxy) is 3. The van der Waals surface area contributed by atoms with Crippen LogP contribution >= 0.6 is 11.6 Å². The Kier molecular flexibility index (Phi) is 9.34. The highest BCUT2D eigenvalue weighted by atomic mass is 35.5. The number of methoxy groups -OCH3 is 1. The minimum absolute atomic E-state index is 0.102. The van der Waals surface area contributed by atoms with Gasteiger partial charge in [-0.05, 0) is 49.6 Å². The third-order valence-electron chi connectivity index (χ3n) is 5.72. The van der Waals surface area contributed by atoms with Crippen molar-refractivity contribution in [3.8, 4) is 5.75 Å². The standard InChI is InChI=1S/C27H30ClNO6/c1-17-23(26(31)33-3)25(21-7-4-5-8-22(21)28)24(18(2)29-17)27(32)35-16-6-15-34-20-11-9-19(10-12-20)13-14-30/h4-5,7-12,25,29-30H,6,13-16H2,1-3H3. The molecule has 1 unspecified atom stereocenters. The number of carbonyl (C=O) groups excluding carboxylic acids is 2. The molecule has 0 amide bonds. The number of nitrogens with one attached hydrogen (secondary N) is 1. The summed E-state index contributed by atoms with van der Waals surface area (Å²) in [5.41, 5.74) is 3.45. The zero-order chi connectivity index (χ0) is 25.4. The number of dihydropyridines is 1. The van der Waals surface area contributed by atoms with Gasteiger partial charge in [0.25, 0.3) is 0 Å². The summed E-state index contributed by atoms with van der Waals surface area (Å²) in [6.07, 6.45) is 1.08. The fourth-order valence-corrected chi connectivity index (χ4v) is 4.28. The van der Waals surface area contributed by atoms with Crippen LogP contribution in [0.15, 0.2) is 71.1 Å². The molecule has 0 bridgehead atoms. The van der Waals surface area contributed by atoms with Gasteiger partial charge in [0.05, 0.1) is 37.4 Å². The minimum atomic E-state index is -0.724. The maximum Gasteiger partial charge on any atom is 0.336 e. The second-order valence-corrected chi connectivity index (χ2v) is 8.51. The third kappa shape index (κ3) is 6.44. The SMILES string of the molecule is COC(=O)C1=C(C)NC(C)=C(C(=O)OCCCOc2ccc(CCO)cc2)C1c1ccccc1Cl. The second-order valence-electron chi connectivity index (χ2n) is 8.10. The summed E-state index contributed by atoms with van der Waals surface area (Å²) in [6.45, 7) is 4.13. The number of allylic oxidation sites excluding steroid dienone is 2. The quantitative estimate of drug-likeness (QED) is 0.372. The summed E-state index contributed by atoms with van der Waals surface area (Å²) < 4.78 is 16.3. The van der Waals surface area contributed by atoms with E-state index in [4.69, 9.17) is 30.9 Å². The zero-order valence-electron chi connectivity index (χ0n) is 20.1. The van der Waals surface area contributed by atoms with Crippen molar-refractivity contribution in [3.63, 3.8) is 0 Å². The molecule has 1 heterocycles. The maximum atomic E-state index is 13.2. The largest absolute Gasteiger partial charge is 0.493 e. The number of rotatable bonds is 10. The van der Waals surface area contributed by atoms with Crippen molar-refractivity contribution in [3.05, 3.63) is 87.2 Å². The first-order valence-corrected chi connectivity index (χ1v) is 11.8. The Labute approximate surface area is 210 Å². The average Bonchev–Trinajstić information content (AvgIpc) is 2.84.